The van der Waals surface area contributed by atoms with Gasteiger partial charge in [-0.25, -0.2) is 0 Å². The molecule has 2 aromatic rings. The average molecular weight is 260 g/mol. The number of amides is 1. The number of aromatic nitrogens is 1. The number of hydrogen-bond donors (Lipinski definition) is 2. The lowest BCUT2D eigenvalue weighted by atomic mass is 10.1. The molecule has 2 rings (SSSR count). The Morgan fingerprint density at radius 2 is 2.16 bits per heavy atom. The Morgan fingerprint density at radius 3 is 2.79 bits per heavy atom. The molecule has 100 valence electrons. The minimum absolute atomic E-state index is 0.180. The summed E-state index contributed by atoms with van der Waals surface area (Å²) in [7, 11) is 0. The predicted octanol–water partition coefficient (Wildman–Crippen LogP) is 1.32. The van der Waals surface area contributed by atoms with Gasteiger partial charge in [0.2, 0.25) is 0 Å². The molecule has 0 aliphatic heterocycles. The number of aliphatic hydroxyl groups excluding tert-OH is 1. The summed E-state index contributed by atoms with van der Waals surface area (Å²) in [5.41, 5.74) is 1.26. The van der Waals surface area contributed by atoms with Crippen LogP contribution in [0, 0.1) is 6.92 Å². The van der Waals surface area contributed by atoms with E-state index in [0.29, 0.717) is 12.2 Å². The molecule has 5 heteroatoms. The Labute approximate surface area is 111 Å². The van der Waals surface area contributed by atoms with Gasteiger partial charge in [0, 0.05) is 19.0 Å². The molecule has 0 radical (unpaired) electrons. The Morgan fingerprint density at radius 1 is 1.42 bits per heavy atom. The van der Waals surface area contributed by atoms with Crippen molar-refractivity contribution in [2.75, 3.05) is 6.54 Å². The van der Waals surface area contributed by atoms with Crippen LogP contribution in [0.25, 0.3) is 0 Å². The van der Waals surface area contributed by atoms with E-state index >= 15 is 0 Å². The van der Waals surface area contributed by atoms with Crippen molar-refractivity contribution < 1.29 is 14.4 Å². The number of benzene rings is 1. The largest absolute Gasteiger partial charge is 0.391 e. The quantitative estimate of drug-likeness (QED) is 0.850. The first-order chi connectivity index (χ1) is 9.15. The molecule has 0 fully saturated rings. The minimum atomic E-state index is -0.626. The molecule has 0 aliphatic rings. The molecule has 1 aromatic carbocycles. The highest BCUT2D eigenvalue weighted by Gasteiger charge is 2.12. The van der Waals surface area contributed by atoms with E-state index in [1.54, 1.807) is 13.0 Å². The number of carbonyl (C=O) groups excluding carboxylic acids is 1. The number of nitrogens with zero attached hydrogens (tertiary/aromatic N) is 1. The van der Waals surface area contributed by atoms with Crippen molar-refractivity contribution in [2.24, 2.45) is 0 Å². The molecule has 0 aliphatic carbocycles. The van der Waals surface area contributed by atoms with Gasteiger partial charge in [0.25, 0.3) is 5.91 Å². The topological polar surface area (TPSA) is 75.4 Å². The summed E-state index contributed by atoms with van der Waals surface area (Å²) in [5, 5.41) is 16.1. The number of aryl methyl sites for hydroxylation is 1. The summed E-state index contributed by atoms with van der Waals surface area (Å²) in [5.74, 6) is 0.235. The van der Waals surface area contributed by atoms with Crippen molar-refractivity contribution in [3.05, 3.63) is 53.4 Å². The Hall–Kier alpha value is -2.14. The van der Waals surface area contributed by atoms with Crippen molar-refractivity contribution in [2.45, 2.75) is 19.4 Å². The van der Waals surface area contributed by atoms with Crippen LogP contribution in [0.2, 0.25) is 0 Å². The SMILES string of the molecule is Cc1cc(C(=O)NCC(O)Cc2ccccc2)no1. The molecule has 1 unspecified atom stereocenters. The first-order valence-corrected chi connectivity index (χ1v) is 6.08. The van der Waals surface area contributed by atoms with Gasteiger partial charge in [-0.1, -0.05) is 35.5 Å². The van der Waals surface area contributed by atoms with Crippen LogP contribution >= 0.6 is 0 Å². The third kappa shape index (κ3) is 3.93. The predicted molar refractivity (Wildman–Crippen MR) is 69.7 cm³/mol. The highest BCUT2D eigenvalue weighted by atomic mass is 16.5. The standard InChI is InChI=1S/C14H16N2O3/c1-10-7-13(16-19-10)14(18)15-9-12(17)8-11-5-3-2-4-6-11/h2-7,12,17H,8-9H2,1H3,(H,15,18). The van der Waals surface area contributed by atoms with Crippen LogP contribution in [-0.4, -0.2) is 28.8 Å². The minimum Gasteiger partial charge on any atom is -0.391 e. The Balaban J connectivity index is 1.80. The van der Waals surface area contributed by atoms with Gasteiger partial charge in [-0.05, 0) is 12.5 Å². The zero-order valence-corrected chi connectivity index (χ0v) is 10.7. The van der Waals surface area contributed by atoms with Crippen LogP contribution in [-0.2, 0) is 6.42 Å². The van der Waals surface area contributed by atoms with Crippen LogP contribution < -0.4 is 5.32 Å². The van der Waals surface area contributed by atoms with Gasteiger partial charge in [0.05, 0.1) is 6.10 Å². The van der Waals surface area contributed by atoms with Crippen LogP contribution in [0.4, 0.5) is 0 Å². The molecule has 5 nitrogen and oxygen atoms in total. The molecule has 0 bridgehead atoms. The van der Waals surface area contributed by atoms with Crippen LogP contribution in [0.5, 0.6) is 0 Å². The Bertz CT molecular complexity index is 537. The van der Waals surface area contributed by atoms with Crippen molar-refractivity contribution >= 4 is 5.91 Å². The van der Waals surface area contributed by atoms with E-state index in [1.165, 1.54) is 0 Å². The van der Waals surface area contributed by atoms with E-state index < -0.39 is 6.10 Å². The summed E-state index contributed by atoms with van der Waals surface area (Å²) in [4.78, 5) is 11.7. The van der Waals surface area contributed by atoms with E-state index in [9.17, 15) is 9.90 Å². The monoisotopic (exact) mass is 260 g/mol. The lowest BCUT2D eigenvalue weighted by molar-refractivity contribution is 0.0907. The molecule has 1 heterocycles. The zero-order valence-electron chi connectivity index (χ0n) is 10.7. The van der Waals surface area contributed by atoms with E-state index in [4.69, 9.17) is 4.52 Å². The van der Waals surface area contributed by atoms with Gasteiger partial charge in [-0.15, -0.1) is 0 Å². The fourth-order valence-corrected chi connectivity index (χ4v) is 1.73. The second-order valence-electron chi connectivity index (χ2n) is 4.38. The third-order valence-corrected chi connectivity index (χ3v) is 2.67. The molecule has 0 spiro atoms. The summed E-state index contributed by atoms with van der Waals surface area (Å²) < 4.78 is 4.81. The van der Waals surface area contributed by atoms with E-state index in [2.05, 4.69) is 10.5 Å². The highest BCUT2D eigenvalue weighted by Crippen LogP contribution is 2.04. The van der Waals surface area contributed by atoms with Crippen LogP contribution in [0.15, 0.2) is 40.9 Å². The average Bonchev–Trinajstić information content (AvgIpc) is 2.84. The van der Waals surface area contributed by atoms with Crippen LogP contribution in [0.1, 0.15) is 21.8 Å². The maximum Gasteiger partial charge on any atom is 0.273 e. The second kappa shape index (κ2) is 6.15. The normalized spacial score (nSPS) is 12.1. The van der Waals surface area contributed by atoms with Gasteiger partial charge in [-0.3, -0.25) is 4.79 Å². The number of hydrogen-bond acceptors (Lipinski definition) is 4. The molecule has 1 atom stereocenters. The first kappa shape index (κ1) is 13.3. The summed E-state index contributed by atoms with van der Waals surface area (Å²) in [6, 6.07) is 11.2. The smallest absolute Gasteiger partial charge is 0.273 e. The van der Waals surface area contributed by atoms with Crippen molar-refractivity contribution in [3.8, 4) is 0 Å². The highest BCUT2D eigenvalue weighted by molar-refractivity contribution is 5.92. The van der Waals surface area contributed by atoms with Gasteiger partial charge >= 0.3 is 0 Å². The van der Waals surface area contributed by atoms with E-state index in [-0.39, 0.29) is 18.1 Å². The van der Waals surface area contributed by atoms with Crippen LogP contribution in [0.3, 0.4) is 0 Å². The molecule has 0 saturated heterocycles. The van der Waals surface area contributed by atoms with Crippen molar-refractivity contribution in [1.29, 1.82) is 0 Å². The molecule has 0 saturated carbocycles. The third-order valence-electron chi connectivity index (χ3n) is 2.67. The molecule has 1 aromatic heterocycles. The van der Waals surface area contributed by atoms with Gasteiger partial charge < -0.3 is 14.9 Å². The van der Waals surface area contributed by atoms with Crippen molar-refractivity contribution in [3.63, 3.8) is 0 Å². The first-order valence-electron chi connectivity index (χ1n) is 6.08. The zero-order chi connectivity index (χ0) is 13.7. The molecular weight excluding hydrogens is 244 g/mol. The summed E-state index contributed by atoms with van der Waals surface area (Å²) >= 11 is 0. The summed E-state index contributed by atoms with van der Waals surface area (Å²) in [6.45, 7) is 1.90. The Kier molecular flexibility index (Phi) is 4.30. The second-order valence-corrected chi connectivity index (χ2v) is 4.38. The van der Waals surface area contributed by atoms with Gasteiger partial charge in [0.15, 0.2) is 5.69 Å². The molecule has 19 heavy (non-hydrogen) atoms. The molecular formula is C14H16N2O3. The van der Waals surface area contributed by atoms with Crippen molar-refractivity contribution in [1.82, 2.24) is 10.5 Å². The fraction of sp³-hybridized carbons (Fsp3) is 0.286. The maximum atomic E-state index is 11.7. The number of carbonyl (C=O) groups is 1. The van der Waals surface area contributed by atoms with Gasteiger partial charge in [0.1, 0.15) is 5.76 Å². The lowest BCUT2D eigenvalue weighted by Gasteiger charge is -2.11. The maximum absolute atomic E-state index is 11.7. The number of aliphatic hydroxyl groups is 1. The lowest BCUT2D eigenvalue weighted by Crippen LogP contribution is -2.33. The number of rotatable bonds is 5. The number of nitrogens with one attached hydrogen (secondary N) is 1. The molecule has 1 amide bonds. The summed E-state index contributed by atoms with van der Waals surface area (Å²) in [6.07, 6.45) is -0.127. The fourth-order valence-electron chi connectivity index (χ4n) is 1.73. The van der Waals surface area contributed by atoms with E-state index in [0.717, 1.165) is 5.56 Å². The molecule has 2 N–H and O–H groups in total. The van der Waals surface area contributed by atoms with Gasteiger partial charge in [-0.2, -0.15) is 0 Å². The van der Waals surface area contributed by atoms with E-state index in [1.807, 2.05) is 30.3 Å².